The Hall–Kier alpha value is -2.59. The number of anilines is 1. The van der Waals surface area contributed by atoms with Gasteiger partial charge in [0.1, 0.15) is 12.0 Å². The average molecular weight is 682 g/mol. The highest BCUT2D eigenvalue weighted by Crippen LogP contribution is 2.36. The van der Waals surface area contributed by atoms with Crippen molar-refractivity contribution in [2.75, 3.05) is 63.8 Å². The highest BCUT2D eigenvalue weighted by atomic mass is 32.2. The first-order chi connectivity index (χ1) is 22.8. The normalized spacial score (nSPS) is 25.6. The summed E-state index contributed by atoms with van der Waals surface area (Å²) in [5.74, 6) is 2.11. The first-order valence-corrected chi connectivity index (χ1v) is 18.3. The predicted octanol–water partition coefficient (Wildman–Crippen LogP) is 2.42. The van der Waals surface area contributed by atoms with Crippen molar-refractivity contribution in [1.29, 1.82) is 0 Å². The van der Waals surface area contributed by atoms with Crippen molar-refractivity contribution < 1.29 is 33.3 Å². The third-order valence-electron chi connectivity index (χ3n) is 8.65. The molecule has 3 fully saturated rings. The van der Waals surface area contributed by atoms with Crippen LogP contribution in [0.25, 0.3) is 0 Å². The maximum atomic E-state index is 12.3. The average Bonchev–Trinajstić information content (AvgIpc) is 3.82. The van der Waals surface area contributed by atoms with Gasteiger partial charge in [-0.05, 0) is 32.6 Å². The molecule has 3 saturated heterocycles. The van der Waals surface area contributed by atoms with Crippen molar-refractivity contribution in [2.24, 2.45) is 5.92 Å². The molecule has 4 rings (SSSR count). The van der Waals surface area contributed by atoms with Crippen molar-refractivity contribution in [3.05, 3.63) is 12.5 Å². The SMILES string of the molecule is CC[C@@H]1CC(C)[C@H](n2cnc(N[C@H](C)CC(=O)NCCOCCOCCOCCNC(=O)CCCCC3SCC4NC(=O)NC43)c2)O1. The quantitative estimate of drug-likeness (QED) is 0.0856. The second-order valence-corrected chi connectivity index (χ2v) is 13.9. The maximum Gasteiger partial charge on any atom is 0.315 e. The van der Waals surface area contributed by atoms with Crippen LogP contribution in [0.1, 0.15) is 71.9 Å². The Bertz CT molecular complexity index is 1110. The summed E-state index contributed by atoms with van der Waals surface area (Å²) in [5, 5.41) is 15.5. The van der Waals surface area contributed by atoms with Crippen LogP contribution in [0.4, 0.5) is 10.6 Å². The van der Waals surface area contributed by atoms with Crippen LogP contribution in [0.2, 0.25) is 0 Å². The first kappa shape index (κ1) is 37.2. The van der Waals surface area contributed by atoms with E-state index >= 15 is 0 Å². The molecule has 1 aromatic rings. The molecule has 5 N–H and O–H groups in total. The fraction of sp³-hybridized carbons (Fsp3) is 0.812. The van der Waals surface area contributed by atoms with E-state index in [-0.39, 0.29) is 42.2 Å². The van der Waals surface area contributed by atoms with Crippen molar-refractivity contribution in [3.63, 3.8) is 0 Å². The number of urea groups is 1. The Labute approximate surface area is 282 Å². The summed E-state index contributed by atoms with van der Waals surface area (Å²) < 4.78 is 24.7. The highest BCUT2D eigenvalue weighted by Gasteiger charge is 2.42. The van der Waals surface area contributed by atoms with E-state index in [0.29, 0.717) is 82.8 Å². The molecule has 0 aliphatic carbocycles. The number of hydrogen-bond acceptors (Lipinski definition) is 10. The van der Waals surface area contributed by atoms with Gasteiger partial charge in [0.25, 0.3) is 0 Å². The van der Waals surface area contributed by atoms with Crippen LogP contribution < -0.4 is 26.6 Å². The second-order valence-electron chi connectivity index (χ2n) is 12.6. The monoisotopic (exact) mass is 681 g/mol. The molecular weight excluding hydrogens is 626 g/mol. The van der Waals surface area contributed by atoms with Crippen molar-refractivity contribution in [2.45, 2.75) is 101 Å². The van der Waals surface area contributed by atoms with Crippen LogP contribution in [0.5, 0.6) is 0 Å². The number of nitrogens with zero attached hydrogens (tertiary/aromatic N) is 2. The smallest absolute Gasteiger partial charge is 0.315 e. The van der Waals surface area contributed by atoms with Gasteiger partial charge in [-0.1, -0.05) is 20.3 Å². The Morgan fingerprint density at radius 3 is 2.47 bits per heavy atom. The summed E-state index contributed by atoms with van der Waals surface area (Å²) in [6, 6.07) is 0.330. The molecule has 0 bridgehead atoms. The van der Waals surface area contributed by atoms with Crippen molar-refractivity contribution in [3.8, 4) is 0 Å². The molecule has 0 spiro atoms. The third kappa shape index (κ3) is 12.7. The fourth-order valence-corrected chi connectivity index (χ4v) is 7.72. The van der Waals surface area contributed by atoms with Crippen LogP contribution in [-0.4, -0.2) is 115 Å². The molecule has 14 nitrogen and oxygen atoms in total. The molecule has 4 heterocycles. The van der Waals surface area contributed by atoms with Crippen molar-refractivity contribution >= 4 is 35.4 Å². The lowest BCUT2D eigenvalue weighted by molar-refractivity contribution is -0.122. The summed E-state index contributed by atoms with van der Waals surface area (Å²) in [6.07, 6.45) is 9.75. The molecule has 15 heteroatoms. The number of thioether (sulfide) groups is 1. The zero-order valence-electron chi connectivity index (χ0n) is 28.2. The van der Waals surface area contributed by atoms with Crippen LogP contribution in [-0.2, 0) is 28.5 Å². The number of imidazole rings is 1. The lowest BCUT2D eigenvalue weighted by atomic mass is 10.0. The fourth-order valence-electron chi connectivity index (χ4n) is 6.18. The summed E-state index contributed by atoms with van der Waals surface area (Å²) in [7, 11) is 0. The topological polar surface area (TPSA) is 166 Å². The number of rotatable bonds is 23. The van der Waals surface area contributed by atoms with Gasteiger partial charge in [-0.15, -0.1) is 0 Å². The van der Waals surface area contributed by atoms with Gasteiger partial charge in [0.2, 0.25) is 11.8 Å². The number of hydrogen-bond donors (Lipinski definition) is 5. The molecule has 0 aromatic carbocycles. The Morgan fingerprint density at radius 1 is 1.06 bits per heavy atom. The number of carbonyl (C=O) groups excluding carboxylic acids is 3. The van der Waals surface area contributed by atoms with Gasteiger partial charge < -0.3 is 50.1 Å². The molecule has 47 heavy (non-hydrogen) atoms. The number of carbonyl (C=O) groups is 3. The van der Waals surface area contributed by atoms with E-state index in [1.807, 2.05) is 29.4 Å². The molecule has 3 aliphatic heterocycles. The lowest BCUT2D eigenvalue weighted by Gasteiger charge is -2.17. The summed E-state index contributed by atoms with van der Waals surface area (Å²) in [6.45, 7) is 9.81. The van der Waals surface area contributed by atoms with E-state index < -0.39 is 0 Å². The maximum absolute atomic E-state index is 12.3. The number of fused-ring (bicyclic) bond motifs is 1. The van der Waals surface area contributed by atoms with E-state index in [0.717, 1.165) is 43.7 Å². The molecule has 7 atom stereocenters. The molecule has 3 aliphatic rings. The predicted molar refractivity (Wildman–Crippen MR) is 180 cm³/mol. The number of amides is 4. The van der Waals surface area contributed by atoms with Gasteiger partial charge in [0, 0.05) is 48.9 Å². The minimum atomic E-state index is -0.0708. The van der Waals surface area contributed by atoms with Crippen LogP contribution in [0, 0.1) is 5.92 Å². The summed E-state index contributed by atoms with van der Waals surface area (Å²) in [5.41, 5.74) is 0. The number of unbranched alkanes of at least 4 members (excludes halogenated alkanes) is 1. The van der Waals surface area contributed by atoms with Gasteiger partial charge in [0.05, 0.1) is 70.4 Å². The minimum Gasteiger partial charge on any atom is -0.377 e. The third-order valence-corrected chi connectivity index (χ3v) is 10.2. The van der Waals surface area contributed by atoms with Gasteiger partial charge >= 0.3 is 6.03 Å². The van der Waals surface area contributed by atoms with Gasteiger partial charge in [0.15, 0.2) is 0 Å². The van der Waals surface area contributed by atoms with Gasteiger partial charge in [-0.25, -0.2) is 9.78 Å². The standard InChI is InChI=1S/C32H55N7O7S/c1-4-24-17-22(2)31(46-24)39-19-27(35-21-39)36-23(3)18-29(41)34-10-12-44-14-16-45-15-13-43-11-9-33-28(40)8-6-5-7-26-30-25(20-47-26)37-32(42)38-30/h19,21-26,30-31,36H,4-18,20H2,1-3H3,(H,33,40)(H,34,41)(H2,37,38,42)/t22?,23-,24-,25?,26?,30?,31-/m1/s1. The van der Waals surface area contributed by atoms with E-state index in [2.05, 4.69) is 45.4 Å². The summed E-state index contributed by atoms with van der Waals surface area (Å²) >= 11 is 1.90. The molecular formula is C32H55N7O7S. The Kier molecular flexibility index (Phi) is 15.9. The van der Waals surface area contributed by atoms with E-state index in [4.69, 9.17) is 18.9 Å². The van der Waals surface area contributed by atoms with E-state index in [9.17, 15) is 14.4 Å². The molecule has 266 valence electrons. The van der Waals surface area contributed by atoms with Gasteiger partial charge in [-0.2, -0.15) is 11.8 Å². The second kappa shape index (κ2) is 20.0. The molecule has 0 saturated carbocycles. The zero-order valence-corrected chi connectivity index (χ0v) is 29.0. The number of aromatic nitrogens is 2. The number of nitrogens with one attached hydrogen (secondary N) is 5. The molecule has 4 unspecified atom stereocenters. The largest absolute Gasteiger partial charge is 0.377 e. The van der Waals surface area contributed by atoms with Gasteiger partial charge in [-0.3, -0.25) is 9.59 Å². The zero-order chi connectivity index (χ0) is 33.4. The molecule has 0 radical (unpaired) electrons. The van der Waals surface area contributed by atoms with Crippen LogP contribution >= 0.6 is 11.8 Å². The van der Waals surface area contributed by atoms with E-state index in [1.54, 1.807) is 6.33 Å². The number of ether oxygens (including phenoxy) is 4. The van der Waals surface area contributed by atoms with Crippen LogP contribution in [0.3, 0.4) is 0 Å². The van der Waals surface area contributed by atoms with Crippen LogP contribution in [0.15, 0.2) is 12.5 Å². The highest BCUT2D eigenvalue weighted by molar-refractivity contribution is 8.00. The van der Waals surface area contributed by atoms with E-state index in [1.165, 1.54) is 0 Å². The summed E-state index contributed by atoms with van der Waals surface area (Å²) in [4.78, 5) is 40.3. The lowest BCUT2D eigenvalue weighted by Crippen LogP contribution is -2.36. The Morgan fingerprint density at radius 2 is 1.77 bits per heavy atom. The minimum absolute atomic E-state index is 0.00563. The first-order valence-electron chi connectivity index (χ1n) is 17.2. The Balaban J connectivity index is 0.886. The van der Waals surface area contributed by atoms with Crippen molar-refractivity contribution in [1.82, 2.24) is 30.8 Å². The molecule has 1 aromatic heterocycles. The molecule has 4 amide bonds.